The van der Waals surface area contributed by atoms with E-state index < -0.39 is 0 Å². The average Bonchev–Trinajstić information content (AvgIpc) is 3.30. The minimum atomic E-state index is -0.102. The van der Waals surface area contributed by atoms with Gasteiger partial charge in [-0.25, -0.2) is 0 Å². The Labute approximate surface area is 179 Å². The van der Waals surface area contributed by atoms with Crippen molar-refractivity contribution in [3.8, 4) is 17.1 Å². The highest BCUT2D eigenvalue weighted by molar-refractivity contribution is 7.99. The second kappa shape index (κ2) is 9.93. The average molecular weight is 431 g/mol. The summed E-state index contributed by atoms with van der Waals surface area (Å²) in [4.78, 5) is 13.8. The summed E-state index contributed by atoms with van der Waals surface area (Å²) in [6, 6.07) is 7.45. The number of thioether (sulfide) groups is 1. The molecule has 2 aromatic heterocycles. The molecule has 0 aliphatic heterocycles. The molecule has 3 aromatic rings. The molecule has 0 aliphatic rings. The lowest BCUT2D eigenvalue weighted by atomic mass is 10.1. The first-order valence-corrected chi connectivity index (χ1v) is 11.6. The van der Waals surface area contributed by atoms with Gasteiger partial charge in [0.2, 0.25) is 5.91 Å². The number of anilines is 1. The van der Waals surface area contributed by atoms with Gasteiger partial charge in [-0.3, -0.25) is 4.79 Å². The summed E-state index contributed by atoms with van der Waals surface area (Å²) in [7, 11) is 0. The fraction of sp³-hybridized carbons (Fsp3) is 0.381. The van der Waals surface area contributed by atoms with Crippen molar-refractivity contribution in [1.82, 2.24) is 14.8 Å². The standard InChI is InChI=1S/C21H26N4O2S2/c1-5-15-14(4)28-12-16(15)20-23-24-21(25(20)6-2)29-13-19(26)22-17-10-8-9-11-18(17)27-7-3/h8-12H,5-7,13H2,1-4H3,(H,22,26). The summed E-state index contributed by atoms with van der Waals surface area (Å²) in [6.07, 6.45) is 0.964. The van der Waals surface area contributed by atoms with Crippen LogP contribution >= 0.6 is 23.1 Å². The number of nitrogens with zero attached hydrogens (tertiary/aromatic N) is 3. The summed E-state index contributed by atoms with van der Waals surface area (Å²) >= 11 is 3.13. The van der Waals surface area contributed by atoms with Crippen molar-refractivity contribution in [2.75, 3.05) is 17.7 Å². The largest absolute Gasteiger partial charge is 0.492 e. The summed E-state index contributed by atoms with van der Waals surface area (Å²) in [5.41, 5.74) is 3.14. The molecule has 154 valence electrons. The molecule has 0 radical (unpaired) electrons. The maximum Gasteiger partial charge on any atom is 0.234 e. The molecule has 8 heteroatoms. The van der Waals surface area contributed by atoms with Crippen molar-refractivity contribution < 1.29 is 9.53 Å². The molecule has 0 saturated carbocycles. The summed E-state index contributed by atoms with van der Waals surface area (Å²) in [5, 5.41) is 14.6. The van der Waals surface area contributed by atoms with Gasteiger partial charge in [0.25, 0.3) is 0 Å². The van der Waals surface area contributed by atoms with Gasteiger partial charge in [-0.15, -0.1) is 21.5 Å². The third-order valence-corrected chi connectivity index (χ3v) is 6.44. The molecule has 1 N–H and O–H groups in total. The highest BCUT2D eigenvalue weighted by Gasteiger charge is 2.19. The molecule has 1 aromatic carbocycles. The fourth-order valence-corrected chi connectivity index (χ4v) is 4.89. The Hall–Kier alpha value is -2.32. The SMILES string of the molecule is CCOc1ccccc1NC(=O)CSc1nnc(-c2csc(C)c2CC)n1CC. The van der Waals surface area contributed by atoms with Gasteiger partial charge in [-0.2, -0.15) is 0 Å². The van der Waals surface area contributed by atoms with Crippen molar-refractivity contribution in [3.05, 3.63) is 40.1 Å². The molecule has 0 spiro atoms. The van der Waals surface area contributed by atoms with Gasteiger partial charge in [0, 0.05) is 22.4 Å². The number of carbonyl (C=O) groups excluding carboxylic acids is 1. The topological polar surface area (TPSA) is 69.0 Å². The Morgan fingerprint density at radius 2 is 2.03 bits per heavy atom. The molecular weight excluding hydrogens is 404 g/mol. The molecule has 1 amide bonds. The minimum Gasteiger partial charge on any atom is -0.492 e. The maximum absolute atomic E-state index is 12.5. The van der Waals surface area contributed by atoms with E-state index in [1.165, 1.54) is 22.2 Å². The number of nitrogens with one attached hydrogen (secondary N) is 1. The lowest BCUT2D eigenvalue weighted by Crippen LogP contribution is -2.15. The van der Waals surface area contributed by atoms with E-state index in [2.05, 4.69) is 46.2 Å². The monoisotopic (exact) mass is 430 g/mol. The molecule has 0 aliphatic carbocycles. The number of benzene rings is 1. The van der Waals surface area contributed by atoms with Crippen LogP contribution in [0.4, 0.5) is 5.69 Å². The molecule has 0 atom stereocenters. The minimum absolute atomic E-state index is 0.102. The molecule has 2 heterocycles. The third-order valence-electron chi connectivity index (χ3n) is 4.52. The first-order chi connectivity index (χ1) is 14.1. The Morgan fingerprint density at radius 1 is 1.24 bits per heavy atom. The van der Waals surface area contributed by atoms with Gasteiger partial charge in [-0.05, 0) is 44.9 Å². The van der Waals surface area contributed by atoms with Crippen LogP contribution in [0.1, 0.15) is 31.2 Å². The fourth-order valence-electron chi connectivity index (χ4n) is 3.15. The number of para-hydroxylation sites is 2. The van der Waals surface area contributed by atoms with Gasteiger partial charge in [0.05, 0.1) is 18.0 Å². The number of aromatic nitrogens is 3. The van der Waals surface area contributed by atoms with E-state index >= 15 is 0 Å². The van der Waals surface area contributed by atoms with E-state index in [0.717, 1.165) is 29.5 Å². The number of carbonyl (C=O) groups is 1. The van der Waals surface area contributed by atoms with Crippen LogP contribution in [0.3, 0.4) is 0 Å². The second-order valence-electron chi connectivity index (χ2n) is 6.35. The van der Waals surface area contributed by atoms with Crippen molar-refractivity contribution >= 4 is 34.7 Å². The van der Waals surface area contributed by atoms with Crippen LogP contribution in [0.15, 0.2) is 34.8 Å². The van der Waals surface area contributed by atoms with Crippen molar-refractivity contribution in [1.29, 1.82) is 0 Å². The normalized spacial score (nSPS) is 10.9. The predicted molar refractivity (Wildman–Crippen MR) is 120 cm³/mol. The van der Waals surface area contributed by atoms with E-state index in [0.29, 0.717) is 18.0 Å². The zero-order valence-electron chi connectivity index (χ0n) is 17.2. The van der Waals surface area contributed by atoms with E-state index in [1.807, 2.05) is 31.2 Å². The Balaban J connectivity index is 1.71. The number of rotatable bonds is 9. The molecule has 0 saturated heterocycles. The van der Waals surface area contributed by atoms with E-state index in [4.69, 9.17) is 4.74 Å². The highest BCUT2D eigenvalue weighted by atomic mass is 32.2. The van der Waals surface area contributed by atoms with Crippen molar-refractivity contribution in [2.45, 2.75) is 45.8 Å². The van der Waals surface area contributed by atoms with Crippen LogP contribution in [0, 0.1) is 6.92 Å². The van der Waals surface area contributed by atoms with Crippen LogP contribution in [0.5, 0.6) is 5.75 Å². The van der Waals surface area contributed by atoms with Crippen LogP contribution in [-0.2, 0) is 17.8 Å². The maximum atomic E-state index is 12.5. The van der Waals surface area contributed by atoms with Gasteiger partial charge < -0.3 is 14.6 Å². The van der Waals surface area contributed by atoms with E-state index in [-0.39, 0.29) is 11.7 Å². The van der Waals surface area contributed by atoms with Gasteiger partial charge in [0.15, 0.2) is 11.0 Å². The smallest absolute Gasteiger partial charge is 0.234 e. The number of aryl methyl sites for hydroxylation is 1. The quantitative estimate of drug-likeness (QED) is 0.482. The zero-order chi connectivity index (χ0) is 20.8. The first kappa shape index (κ1) is 21.4. The number of amides is 1. The Morgan fingerprint density at radius 3 is 2.76 bits per heavy atom. The molecule has 0 fully saturated rings. The van der Waals surface area contributed by atoms with Crippen molar-refractivity contribution in [2.24, 2.45) is 0 Å². The zero-order valence-corrected chi connectivity index (χ0v) is 18.8. The lowest BCUT2D eigenvalue weighted by Gasteiger charge is -2.11. The molecular formula is C21H26N4O2S2. The van der Waals surface area contributed by atoms with Crippen LogP contribution in [0.25, 0.3) is 11.4 Å². The summed E-state index contributed by atoms with van der Waals surface area (Å²) in [5.74, 6) is 1.70. The first-order valence-electron chi connectivity index (χ1n) is 9.73. The lowest BCUT2D eigenvalue weighted by molar-refractivity contribution is -0.113. The van der Waals surface area contributed by atoms with Crippen molar-refractivity contribution in [3.63, 3.8) is 0 Å². The Kier molecular flexibility index (Phi) is 7.33. The predicted octanol–water partition coefficient (Wildman–Crippen LogP) is 5.03. The van der Waals surface area contributed by atoms with Gasteiger partial charge >= 0.3 is 0 Å². The van der Waals surface area contributed by atoms with E-state index in [9.17, 15) is 4.79 Å². The number of hydrogen-bond donors (Lipinski definition) is 1. The number of hydrogen-bond acceptors (Lipinski definition) is 6. The Bertz CT molecular complexity index is 981. The second-order valence-corrected chi connectivity index (χ2v) is 8.38. The number of ether oxygens (including phenoxy) is 1. The molecule has 3 rings (SSSR count). The van der Waals surface area contributed by atoms with Crippen LogP contribution in [-0.4, -0.2) is 33.0 Å². The highest BCUT2D eigenvalue weighted by Crippen LogP contribution is 2.32. The van der Waals surface area contributed by atoms with Gasteiger partial charge in [-0.1, -0.05) is 30.8 Å². The van der Waals surface area contributed by atoms with Gasteiger partial charge in [0.1, 0.15) is 5.75 Å². The van der Waals surface area contributed by atoms with Crippen LogP contribution < -0.4 is 10.1 Å². The molecule has 29 heavy (non-hydrogen) atoms. The summed E-state index contributed by atoms with van der Waals surface area (Å²) in [6.45, 7) is 9.58. The summed E-state index contributed by atoms with van der Waals surface area (Å²) < 4.78 is 7.64. The molecule has 0 bridgehead atoms. The third kappa shape index (κ3) is 4.82. The molecule has 0 unspecified atom stereocenters. The number of thiophene rings is 1. The van der Waals surface area contributed by atoms with Crippen LogP contribution in [0.2, 0.25) is 0 Å². The molecule has 6 nitrogen and oxygen atoms in total. The van der Waals surface area contributed by atoms with E-state index in [1.54, 1.807) is 11.3 Å².